The molecule has 3 rings (SSSR count). The minimum atomic E-state index is -0.312. The van der Waals surface area contributed by atoms with Crippen molar-refractivity contribution in [2.75, 3.05) is 0 Å². The minimum Gasteiger partial charge on any atom is -0.459 e. The normalized spacial score (nSPS) is 30.3. The topological polar surface area (TPSA) is 52.6 Å². The third-order valence-corrected chi connectivity index (χ3v) is 6.60. The highest BCUT2D eigenvalue weighted by molar-refractivity contribution is 5.93. The lowest BCUT2D eigenvalue weighted by Crippen LogP contribution is -2.34. The van der Waals surface area contributed by atoms with Crippen LogP contribution in [-0.2, 0) is 9.47 Å². The Kier molecular flexibility index (Phi) is 6.64. The van der Waals surface area contributed by atoms with E-state index < -0.39 is 0 Å². The van der Waals surface area contributed by atoms with Crippen molar-refractivity contribution in [2.24, 2.45) is 22.7 Å². The van der Waals surface area contributed by atoms with Crippen molar-refractivity contribution in [1.82, 2.24) is 0 Å². The van der Waals surface area contributed by atoms with Gasteiger partial charge >= 0.3 is 11.9 Å². The van der Waals surface area contributed by atoms with Crippen molar-refractivity contribution in [3.05, 3.63) is 35.4 Å². The summed E-state index contributed by atoms with van der Waals surface area (Å²) in [5.74, 6) is 0.479. The number of hydrogen-bond donors (Lipinski definition) is 0. The first-order valence-corrected chi connectivity index (χ1v) is 11.4. The van der Waals surface area contributed by atoms with Crippen LogP contribution in [0, 0.1) is 22.7 Å². The zero-order valence-electron chi connectivity index (χ0n) is 19.5. The maximum atomic E-state index is 12.6. The van der Waals surface area contributed by atoms with Crippen LogP contribution in [-0.4, -0.2) is 24.1 Å². The molecule has 30 heavy (non-hydrogen) atoms. The van der Waals surface area contributed by atoms with E-state index in [2.05, 4.69) is 41.5 Å². The Hall–Kier alpha value is -1.84. The summed E-state index contributed by atoms with van der Waals surface area (Å²) in [6, 6.07) is 6.68. The van der Waals surface area contributed by atoms with E-state index in [0.717, 1.165) is 38.5 Å². The van der Waals surface area contributed by atoms with Gasteiger partial charge in [0.05, 0.1) is 11.1 Å². The van der Waals surface area contributed by atoms with Crippen LogP contribution in [0.3, 0.4) is 0 Å². The molecule has 0 heterocycles. The van der Waals surface area contributed by atoms with E-state index in [4.69, 9.17) is 9.47 Å². The molecule has 2 saturated carbocycles. The summed E-state index contributed by atoms with van der Waals surface area (Å²) in [6.07, 6.45) is 5.85. The van der Waals surface area contributed by atoms with E-state index >= 15 is 0 Å². The summed E-state index contributed by atoms with van der Waals surface area (Å²) < 4.78 is 11.6. The van der Waals surface area contributed by atoms with Gasteiger partial charge in [-0.05, 0) is 85.5 Å². The van der Waals surface area contributed by atoms with Gasteiger partial charge in [0, 0.05) is 0 Å². The molecule has 4 atom stereocenters. The maximum Gasteiger partial charge on any atom is 0.338 e. The van der Waals surface area contributed by atoms with Gasteiger partial charge in [0.1, 0.15) is 12.2 Å². The van der Waals surface area contributed by atoms with E-state index in [1.165, 1.54) is 0 Å². The van der Waals surface area contributed by atoms with Crippen LogP contribution >= 0.6 is 0 Å². The molecule has 166 valence electrons. The third-order valence-electron chi connectivity index (χ3n) is 6.60. The maximum absolute atomic E-state index is 12.6. The summed E-state index contributed by atoms with van der Waals surface area (Å²) in [4.78, 5) is 25.2. The highest BCUT2D eigenvalue weighted by Gasteiger charge is 2.35. The van der Waals surface area contributed by atoms with Gasteiger partial charge in [0.25, 0.3) is 0 Å². The predicted octanol–water partition coefficient (Wildman–Crippen LogP) is 6.43. The predicted molar refractivity (Wildman–Crippen MR) is 118 cm³/mol. The molecule has 0 radical (unpaired) electrons. The first-order chi connectivity index (χ1) is 13.9. The molecule has 0 unspecified atom stereocenters. The number of esters is 2. The van der Waals surface area contributed by atoms with Gasteiger partial charge in [-0.3, -0.25) is 0 Å². The van der Waals surface area contributed by atoms with Crippen LogP contribution in [0.15, 0.2) is 24.3 Å². The highest BCUT2D eigenvalue weighted by Crippen LogP contribution is 2.41. The van der Waals surface area contributed by atoms with Crippen LogP contribution < -0.4 is 0 Å². The fourth-order valence-electron chi connectivity index (χ4n) is 5.88. The smallest absolute Gasteiger partial charge is 0.338 e. The monoisotopic (exact) mass is 414 g/mol. The fourth-order valence-corrected chi connectivity index (χ4v) is 5.88. The molecular weight excluding hydrogens is 376 g/mol. The van der Waals surface area contributed by atoms with Gasteiger partial charge in [-0.15, -0.1) is 0 Å². The Balaban J connectivity index is 1.57. The van der Waals surface area contributed by atoms with Crippen molar-refractivity contribution < 1.29 is 19.1 Å². The van der Waals surface area contributed by atoms with Gasteiger partial charge in [0.15, 0.2) is 0 Å². The first-order valence-electron chi connectivity index (χ1n) is 11.4. The van der Waals surface area contributed by atoms with Crippen molar-refractivity contribution in [1.29, 1.82) is 0 Å². The molecule has 0 bridgehead atoms. The molecule has 1 aromatic carbocycles. The van der Waals surface area contributed by atoms with Crippen LogP contribution in [0.5, 0.6) is 0 Å². The van der Waals surface area contributed by atoms with Gasteiger partial charge in [0.2, 0.25) is 0 Å². The SMILES string of the molecule is C[C@@H]1C[C@H](OC(=O)c2ccc(C(=O)O[C@H]3C[C@@H](C)CC(C)(C)C3)cc2)CC(C)(C)C1. The average Bonchev–Trinajstić information content (AvgIpc) is 2.58. The molecule has 0 N–H and O–H groups in total. The zero-order valence-corrected chi connectivity index (χ0v) is 19.5. The molecule has 0 aliphatic heterocycles. The van der Waals surface area contributed by atoms with Crippen molar-refractivity contribution in [2.45, 2.75) is 92.3 Å². The Morgan fingerprint density at radius 3 is 1.33 bits per heavy atom. The molecule has 2 aliphatic carbocycles. The molecule has 4 heteroatoms. The minimum absolute atomic E-state index is 0.0439. The second-order valence-electron chi connectivity index (χ2n) is 11.5. The standard InChI is InChI=1S/C26H38O4/c1-17-11-21(15-25(3,4)13-17)29-23(27)19-7-9-20(10-8-19)24(28)30-22-12-18(2)14-26(5,6)16-22/h7-10,17-18,21-22H,11-16H2,1-6H3/t17-,18-,21+,22+/m1/s1. The lowest BCUT2D eigenvalue weighted by Gasteiger charge is -2.38. The molecule has 1 aromatic rings. The molecule has 4 nitrogen and oxygen atoms in total. The number of benzene rings is 1. The molecule has 0 saturated heterocycles. The van der Waals surface area contributed by atoms with E-state index in [-0.39, 0.29) is 35.0 Å². The first kappa shape index (κ1) is 22.8. The lowest BCUT2D eigenvalue weighted by molar-refractivity contribution is -0.00862. The Morgan fingerprint density at radius 1 is 0.700 bits per heavy atom. The van der Waals surface area contributed by atoms with Gasteiger partial charge in [-0.25, -0.2) is 9.59 Å². The number of ether oxygens (including phenoxy) is 2. The summed E-state index contributed by atoms with van der Waals surface area (Å²) in [5, 5.41) is 0. The summed E-state index contributed by atoms with van der Waals surface area (Å²) >= 11 is 0. The highest BCUT2D eigenvalue weighted by atomic mass is 16.5. The molecule has 2 aliphatic rings. The van der Waals surface area contributed by atoms with E-state index in [0.29, 0.717) is 23.0 Å². The fraction of sp³-hybridized carbons (Fsp3) is 0.692. The second kappa shape index (κ2) is 8.72. The number of hydrogen-bond acceptors (Lipinski definition) is 4. The van der Waals surface area contributed by atoms with Gasteiger partial charge < -0.3 is 9.47 Å². The summed E-state index contributed by atoms with van der Waals surface area (Å²) in [5.41, 5.74) is 1.35. The lowest BCUT2D eigenvalue weighted by atomic mass is 9.71. The van der Waals surface area contributed by atoms with Crippen LogP contribution in [0.4, 0.5) is 0 Å². The van der Waals surface area contributed by atoms with E-state index in [1.54, 1.807) is 24.3 Å². The van der Waals surface area contributed by atoms with E-state index in [1.807, 2.05) is 0 Å². The molecule has 0 spiro atoms. The zero-order chi connectivity index (χ0) is 22.1. The molecule has 0 amide bonds. The second-order valence-corrected chi connectivity index (χ2v) is 11.5. The third kappa shape index (κ3) is 6.09. The number of carbonyl (C=O) groups is 2. The van der Waals surface area contributed by atoms with Crippen molar-refractivity contribution in [3.8, 4) is 0 Å². The van der Waals surface area contributed by atoms with Crippen LogP contribution in [0.2, 0.25) is 0 Å². The Morgan fingerprint density at radius 2 is 1.03 bits per heavy atom. The van der Waals surface area contributed by atoms with E-state index in [9.17, 15) is 9.59 Å². The molecular formula is C26H38O4. The summed E-state index contributed by atoms with van der Waals surface area (Å²) in [6.45, 7) is 13.4. The van der Waals surface area contributed by atoms with Gasteiger partial charge in [-0.2, -0.15) is 0 Å². The number of rotatable bonds is 4. The van der Waals surface area contributed by atoms with Crippen LogP contribution in [0.1, 0.15) is 101 Å². The molecule has 0 aromatic heterocycles. The number of carbonyl (C=O) groups excluding carboxylic acids is 2. The summed E-state index contributed by atoms with van der Waals surface area (Å²) in [7, 11) is 0. The largest absolute Gasteiger partial charge is 0.459 e. The van der Waals surface area contributed by atoms with Crippen LogP contribution in [0.25, 0.3) is 0 Å². The Labute approximate surface area is 181 Å². The van der Waals surface area contributed by atoms with Crippen molar-refractivity contribution >= 4 is 11.9 Å². The van der Waals surface area contributed by atoms with Gasteiger partial charge in [-0.1, -0.05) is 41.5 Å². The quantitative estimate of drug-likeness (QED) is 0.533. The average molecular weight is 415 g/mol. The van der Waals surface area contributed by atoms with Crippen molar-refractivity contribution in [3.63, 3.8) is 0 Å². The molecule has 2 fully saturated rings. The Bertz CT molecular complexity index is 697.